The molecule has 0 N–H and O–H groups in total. The minimum absolute atomic E-state index is 0.0201. The molecule has 0 saturated carbocycles. The van der Waals surface area contributed by atoms with Crippen molar-refractivity contribution in [1.29, 1.82) is 0 Å². The molecule has 0 saturated heterocycles. The Labute approximate surface area is 98.1 Å². The van der Waals surface area contributed by atoms with E-state index in [0.717, 1.165) is 12.3 Å². The van der Waals surface area contributed by atoms with Crippen molar-refractivity contribution in [3.8, 4) is 11.3 Å². The summed E-state index contributed by atoms with van der Waals surface area (Å²) in [5.74, 6) is -1.98. The van der Waals surface area contributed by atoms with Gasteiger partial charge in [-0.2, -0.15) is 0 Å². The summed E-state index contributed by atoms with van der Waals surface area (Å²) in [4.78, 5) is 3.64. The smallest absolute Gasteiger partial charge is 0.152 e. The first-order valence-electron chi connectivity index (χ1n) is 4.34. The van der Waals surface area contributed by atoms with Crippen LogP contribution in [0.25, 0.3) is 11.3 Å². The van der Waals surface area contributed by atoms with E-state index in [1.807, 2.05) is 0 Å². The highest BCUT2D eigenvalue weighted by atomic mass is 79.9. The summed E-state index contributed by atoms with van der Waals surface area (Å²) in [5.41, 5.74) is 0.354. The quantitative estimate of drug-likeness (QED) is 0.774. The van der Waals surface area contributed by atoms with Crippen molar-refractivity contribution in [1.82, 2.24) is 4.98 Å². The van der Waals surface area contributed by atoms with Gasteiger partial charge in [0.05, 0.1) is 6.20 Å². The first kappa shape index (κ1) is 11.1. The molecule has 82 valence electrons. The molecule has 0 fully saturated rings. The number of aromatic nitrogens is 1. The van der Waals surface area contributed by atoms with E-state index in [1.54, 1.807) is 0 Å². The summed E-state index contributed by atoms with van der Waals surface area (Å²) in [5, 5.41) is 0. The third-order valence-corrected chi connectivity index (χ3v) is 2.65. The molecule has 1 nitrogen and oxygen atoms in total. The van der Waals surface area contributed by atoms with Crippen LogP contribution in [0.2, 0.25) is 0 Å². The van der Waals surface area contributed by atoms with E-state index in [2.05, 4.69) is 20.9 Å². The van der Waals surface area contributed by atoms with Gasteiger partial charge in [-0.3, -0.25) is 4.98 Å². The Balaban J connectivity index is 2.59. The van der Waals surface area contributed by atoms with E-state index in [-0.39, 0.29) is 5.69 Å². The van der Waals surface area contributed by atoms with Gasteiger partial charge in [-0.05, 0) is 34.1 Å². The second kappa shape index (κ2) is 4.25. The molecule has 0 atom stereocenters. The third-order valence-electron chi connectivity index (χ3n) is 1.99. The SMILES string of the molecule is Fc1cnc(-c2ccc(F)cc2Br)c(F)c1. The van der Waals surface area contributed by atoms with Crippen LogP contribution < -0.4 is 0 Å². The molecule has 2 aromatic rings. The lowest BCUT2D eigenvalue weighted by Gasteiger charge is -2.05. The zero-order valence-electron chi connectivity index (χ0n) is 7.85. The maximum absolute atomic E-state index is 13.4. The van der Waals surface area contributed by atoms with Gasteiger partial charge < -0.3 is 0 Å². The Morgan fingerprint density at radius 2 is 1.75 bits per heavy atom. The van der Waals surface area contributed by atoms with Crippen LogP contribution in [0, 0.1) is 17.5 Å². The van der Waals surface area contributed by atoms with Crippen molar-refractivity contribution in [2.45, 2.75) is 0 Å². The van der Waals surface area contributed by atoms with Crippen LogP contribution >= 0.6 is 15.9 Å². The molecule has 0 bridgehead atoms. The van der Waals surface area contributed by atoms with Crippen molar-refractivity contribution < 1.29 is 13.2 Å². The molecule has 1 aromatic heterocycles. The zero-order valence-corrected chi connectivity index (χ0v) is 9.43. The maximum atomic E-state index is 13.4. The first-order valence-corrected chi connectivity index (χ1v) is 5.13. The van der Waals surface area contributed by atoms with Crippen molar-refractivity contribution in [2.75, 3.05) is 0 Å². The number of benzene rings is 1. The van der Waals surface area contributed by atoms with Gasteiger partial charge in [-0.15, -0.1) is 0 Å². The molecule has 0 aliphatic heterocycles. The highest BCUT2D eigenvalue weighted by Crippen LogP contribution is 2.29. The van der Waals surface area contributed by atoms with E-state index < -0.39 is 17.5 Å². The molecule has 1 heterocycles. The molecule has 5 heteroatoms. The van der Waals surface area contributed by atoms with Gasteiger partial charge in [-0.25, -0.2) is 13.2 Å². The van der Waals surface area contributed by atoms with Crippen LogP contribution in [0.5, 0.6) is 0 Å². The summed E-state index contributed by atoms with van der Waals surface area (Å²) in [6, 6.07) is 4.49. The van der Waals surface area contributed by atoms with Gasteiger partial charge in [0.25, 0.3) is 0 Å². The van der Waals surface area contributed by atoms with Crippen LogP contribution in [0.3, 0.4) is 0 Å². The van der Waals surface area contributed by atoms with Crippen LogP contribution in [0.1, 0.15) is 0 Å². The van der Waals surface area contributed by atoms with Gasteiger partial charge in [-0.1, -0.05) is 0 Å². The summed E-state index contributed by atoms with van der Waals surface area (Å²) in [6.07, 6.45) is 0.911. The molecule has 1 aromatic carbocycles. The fourth-order valence-corrected chi connectivity index (χ4v) is 1.83. The fourth-order valence-electron chi connectivity index (χ4n) is 1.29. The normalized spacial score (nSPS) is 10.5. The zero-order chi connectivity index (χ0) is 11.7. The van der Waals surface area contributed by atoms with Crippen molar-refractivity contribution in [2.24, 2.45) is 0 Å². The van der Waals surface area contributed by atoms with Gasteiger partial charge in [0.15, 0.2) is 5.82 Å². The van der Waals surface area contributed by atoms with Gasteiger partial charge in [0, 0.05) is 16.1 Å². The Morgan fingerprint density at radius 1 is 1.00 bits per heavy atom. The van der Waals surface area contributed by atoms with Crippen LogP contribution in [0.15, 0.2) is 34.9 Å². The van der Waals surface area contributed by atoms with E-state index in [1.165, 1.54) is 18.2 Å². The molecule has 2 rings (SSSR count). The molecule has 0 aliphatic rings. The topological polar surface area (TPSA) is 12.9 Å². The average Bonchev–Trinajstić information content (AvgIpc) is 2.19. The van der Waals surface area contributed by atoms with Gasteiger partial charge in [0.2, 0.25) is 0 Å². The second-order valence-electron chi connectivity index (χ2n) is 3.11. The van der Waals surface area contributed by atoms with Crippen LogP contribution in [-0.2, 0) is 0 Å². The predicted molar refractivity (Wildman–Crippen MR) is 57.2 cm³/mol. The van der Waals surface area contributed by atoms with Crippen molar-refractivity contribution in [3.05, 3.63) is 52.4 Å². The Kier molecular flexibility index (Phi) is 2.96. The van der Waals surface area contributed by atoms with Crippen molar-refractivity contribution >= 4 is 15.9 Å². The van der Waals surface area contributed by atoms with Crippen molar-refractivity contribution in [3.63, 3.8) is 0 Å². The minimum atomic E-state index is -0.785. The average molecular weight is 288 g/mol. The molecule has 0 unspecified atom stereocenters. The fraction of sp³-hybridized carbons (Fsp3) is 0. The van der Waals surface area contributed by atoms with Gasteiger partial charge >= 0.3 is 0 Å². The molecule has 0 spiro atoms. The highest BCUT2D eigenvalue weighted by Gasteiger charge is 2.11. The Bertz CT molecular complexity index is 493. The van der Waals surface area contributed by atoms with Gasteiger partial charge in [0.1, 0.15) is 17.3 Å². The highest BCUT2D eigenvalue weighted by molar-refractivity contribution is 9.10. The number of hydrogen-bond donors (Lipinski definition) is 0. The van der Waals surface area contributed by atoms with Crippen LogP contribution in [0.4, 0.5) is 13.2 Å². The molecule has 16 heavy (non-hydrogen) atoms. The van der Waals surface area contributed by atoms with E-state index in [0.29, 0.717) is 10.0 Å². The molecule has 0 aliphatic carbocycles. The second-order valence-corrected chi connectivity index (χ2v) is 3.96. The number of nitrogens with zero attached hydrogens (tertiary/aromatic N) is 1. The number of pyridine rings is 1. The summed E-state index contributed by atoms with van der Waals surface area (Å²) in [6.45, 7) is 0. The summed E-state index contributed by atoms with van der Waals surface area (Å²) < 4.78 is 39.2. The van der Waals surface area contributed by atoms with E-state index in [4.69, 9.17) is 0 Å². The largest absolute Gasteiger partial charge is 0.250 e. The lowest BCUT2D eigenvalue weighted by Crippen LogP contribution is -1.92. The third kappa shape index (κ3) is 2.09. The minimum Gasteiger partial charge on any atom is -0.250 e. The Morgan fingerprint density at radius 3 is 2.38 bits per heavy atom. The maximum Gasteiger partial charge on any atom is 0.152 e. The van der Waals surface area contributed by atoms with Crippen LogP contribution in [-0.4, -0.2) is 4.98 Å². The molecular weight excluding hydrogens is 283 g/mol. The monoisotopic (exact) mass is 287 g/mol. The molecule has 0 amide bonds. The number of rotatable bonds is 1. The lowest BCUT2D eigenvalue weighted by atomic mass is 10.1. The molecule has 0 radical (unpaired) electrons. The first-order chi connectivity index (χ1) is 7.58. The summed E-state index contributed by atoms with van der Waals surface area (Å²) in [7, 11) is 0. The lowest BCUT2D eigenvalue weighted by molar-refractivity contribution is 0.576. The number of halogens is 4. The number of hydrogen-bond acceptors (Lipinski definition) is 1. The van der Waals surface area contributed by atoms with E-state index >= 15 is 0 Å². The summed E-state index contributed by atoms with van der Waals surface area (Å²) >= 11 is 3.10. The predicted octanol–water partition coefficient (Wildman–Crippen LogP) is 3.93. The Hall–Kier alpha value is -1.36. The molecular formula is C11H5BrF3N. The van der Waals surface area contributed by atoms with E-state index in [9.17, 15) is 13.2 Å². The standard InChI is InChI=1S/C11H5BrF3N/c12-9-3-6(13)1-2-8(9)11-10(15)4-7(14)5-16-11/h1-5H.